The summed E-state index contributed by atoms with van der Waals surface area (Å²) in [6.07, 6.45) is 7.05. The normalized spacial score (nSPS) is 27.1. The third kappa shape index (κ3) is 1.77. The van der Waals surface area contributed by atoms with Crippen molar-refractivity contribution in [3.8, 4) is 12.3 Å². The Kier molecular flexibility index (Phi) is 2.72. The van der Waals surface area contributed by atoms with Crippen LogP contribution in [0.15, 0.2) is 0 Å². The van der Waals surface area contributed by atoms with Crippen molar-refractivity contribution in [1.29, 1.82) is 0 Å². The van der Waals surface area contributed by atoms with E-state index in [9.17, 15) is 4.79 Å². The van der Waals surface area contributed by atoms with Crippen molar-refractivity contribution in [2.75, 3.05) is 7.05 Å². The van der Waals surface area contributed by atoms with Gasteiger partial charge in [-0.15, -0.1) is 6.42 Å². The number of nitrogens with two attached hydrogens (primary N) is 1. The van der Waals surface area contributed by atoms with Gasteiger partial charge in [0.2, 0.25) is 5.91 Å². The second kappa shape index (κ2) is 3.59. The van der Waals surface area contributed by atoms with Crippen molar-refractivity contribution in [3.63, 3.8) is 0 Å². The largest absolute Gasteiger partial charge is 0.342 e. The number of amides is 1. The van der Waals surface area contributed by atoms with Gasteiger partial charge in [0, 0.05) is 19.1 Å². The predicted octanol–water partition coefficient (Wildman–Crippen LogP) is -0.0422. The molecule has 0 atom stereocenters. The second-order valence-electron chi connectivity index (χ2n) is 3.27. The highest BCUT2D eigenvalue weighted by Gasteiger charge is 2.31. The van der Waals surface area contributed by atoms with Crippen LogP contribution in [0, 0.1) is 12.3 Å². The molecule has 0 unspecified atom stereocenters. The standard InChI is InChI=1S/C9H14N2O/c1-3-4-9(12)11(2)8-5-7(10)6-8/h1,7-8H,4-6,10H2,2H3. The van der Waals surface area contributed by atoms with Crippen molar-refractivity contribution >= 4 is 5.91 Å². The fourth-order valence-corrected chi connectivity index (χ4v) is 1.36. The number of carbonyl (C=O) groups excluding carboxylic acids is 1. The van der Waals surface area contributed by atoms with E-state index in [-0.39, 0.29) is 18.4 Å². The zero-order valence-corrected chi connectivity index (χ0v) is 7.29. The Bertz CT molecular complexity index is 213. The van der Waals surface area contributed by atoms with Gasteiger partial charge >= 0.3 is 0 Å². The quantitative estimate of drug-likeness (QED) is 0.585. The minimum Gasteiger partial charge on any atom is -0.342 e. The molecule has 0 aromatic heterocycles. The van der Waals surface area contributed by atoms with Crippen LogP contribution >= 0.6 is 0 Å². The van der Waals surface area contributed by atoms with E-state index in [0.717, 1.165) is 12.8 Å². The van der Waals surface area contributed by atoms with Gasteiger partial charge in [0.25, 0.3) is 0 Å². The zero-order valence-electron chi connectivity index (χ0n) is 7.29. The van der Waals surface area contributed by atoms with Gasteiger partial charge in [0.1, 0.15) is 0 Å². The fraction of sp³-hybridized carbons (Fsp3) is 0.667. The van der Waals surface area contributed by atoms with E-state index in [2.05, 4.69) is 5.92 Å². The predicted molar refractivity (Wildman–Crippen MR) is 47.2 cm³/mol. The molecule has 0 radical (unpaired) electrons. The van der Waals surface area contributed by atoms with Gasteiger partial charge in [0.15, 0.2) is 0 Å². The van der Waals surface area contributed by atoms with Gasteiger partial charge in [-0.2, -0.15) is 0 Å². The minimum atomic E-state index is 0.0226. The lowest BCUT2D eigenvalue weighted by Crippen LogP contribution is -2.51. The topological polar surface area (TPSA) is 46.3 Å². The third-order valence-corrected chi connectivity index (χ3v) is 2.34. The minimum absolute atomic E-state index is 0.0226. The van der Waals surface area contributed by atoms with E-state index < -0.39 is 0 Å². The highest BCUT2D eigenvalue weighted by Crippen LogP contribution is 2.22. The molecule has 1 rings (SSSR count). The van der Waals surface area contributed by atoms with Gasteiger partial charge in [-0.1, -0.05) is 5.92 Å². The molecule has 12 heavy (non-hydrogen) atoms. The number of nitrogens with zero attached hydrogens (tertiary/aromatic N) is 1. The van der Waals surface area contributed by atoms with Gasteiger partial charge in [-0.3, -0.25) is 4.79 Å². The molecule has 0 aromatic rings. The lowest BCUT2D eigenvalue weighted by molar-refractivity contribution is -0.132. The van der Waals surface area contributed by atoms with E-state index in [1.807, 2.05) is 0 Å². The van der Waals surface area contributed by atoms with Gasteiger partial charge in [-0.25, -0.2) is 0 Å². The molecule has 0 aromatic carbocycles. The second-order valence-corrected chi connectivity index (χ2v) is 3.27. The highest BCUT2D eigenvalue weighted by atomic mass is 16.2. The Morgan fingerprint density at radius 3 is 2.75 bits per heavy atom. The van der Waals surface area contributed by atoms with Crippen LogP contribution in [0.5, 0.6) is 0 Å². The van der Waals surface area contributed by atoms with Gasteiger partial charge < -0.3 is 10.6 Å². The maximum atomic E-state index is 11.2. The van der Waals surface area contributed by atoms with Crippen molar-refractivity contribution < 1.29 is 4.79 Å². The number of rotatable bonds is 2. The zero-order chi connectivity index (χ0) is 9.14. The number of terminal acetylenes is 1. The Labute approximate surface area is 72.9 Å². The molecule has 0 heterocycles. The summed E-state index contributed by atoms with van der Waals surface area (Å²) < 4.78 is 0. The van der Waals surface area contributed by atoms with Crippen LogP contribution in [0.25, 0.3) is 0 Å². The Morgan fingerprint density at radius 1 is 1.75 bits per heavy atom. The molecule has 3 nitrogen and oxygen atoms in total. The first-order chi connectivity index (χ1) is 5.65. The highest BCUT2D eigenvalue weighted by molar-refractivity contribution is 5.78. The summed E-state index contributed by atoms with van der Waals surface area (Å²) in [5.74, 6) is 2.36. The molecule has 0 aliphatic heterocycles. The Morgan fingerprint density at radius 2 is 2.33 bits per heavy atom. The summed E-state index contributed by atoms with van der Waals surface area (Å²) in [5, 5.41) is 0. The van der Waals surface area contributed by atoms with Gasteiger partial charge in [0.05, 0.1) is 6.42 Å². The summed E-state index contributed by atoms with van der Waals surface area (Å²) in [6, 6.07) is 0.594. The van der Waals surface area contributed by atoms with Crippen LogP contribution in [0.3, 0.4) is 0 Å². The summed E-state index contributed by atoms with van der Waals surface area (Å²) in [4.78, 5) is 12.9. The summed E-state index contributed by atoms with van der Waals surface area (Å²) in [6.45, 7) is 0. The number of carbonyl (C=O) groups is 1. The van der Waals surface area contributed by atoms with Crippen LogP contribution in [0.4, 0.5) is 0 Å². The van der Waals surface area contributed by atoms with Crippen LogP contribution < -0.4 is 5.73 Å². The molecule has 66 valence electrons. The van der Waals surface area contributed by atoms with Crippen LogP contribution in [-0.2, 0) is 4.79 Å². The molecule has 1 amide bonds. The lowest BCUT2D eigenvalue weighted by atomic mass is 9.86. The average molecular weight is 166 g/mol. The molecule has 1 fully saturated rings. The van der Waals surface area contributed by atoms with Crippen molar-refractivity contribution in [2.24, 2.45) is 5.73 Å². The smallest absolute Gasteiger partial charge is 0.234 e. The van der Waals surface area contributed by atoms with Crippen molar-refractivity contribution in [1.82, 2.24) is 4.90 Å². The third-order valence-electron chi connectivity index (χ3n) is 2.34. The van der Waals surface area contributed by atoms with E-state index in [0.29, 0.717) is 6.04 Å². The first-order valence-electron chi connectivity index (χ1n) is 4.10. The van der Waals surface area contributed by atoms with E-state index in [1.165, 1.54) is 0 Å². The SMILES string of the molecule is C#CCC(=O)N(C)C1CC(N)C1. The van der Waals surface area contributed by atoms with E-state index in [4.69, 9.17) is 12.2 Å². The molecule has 0 bridgehead atoms. The first-order valence-corrected chi connectivity index (χ1v) is 4.10. The lowest BCUT2D eigenvalue weighted by Gasteiger charge is -2.39. The molecule has 1 aliphatic rings. The molecule has 0 spiro atoms. The molecule has 1 aliphatic carbocycles. The molecule has 2 N–H and O–H groups in total. The monoisotopic (exact) mass is 166 g/mol. The summed E-state index contributed by atoms with van der Waals surface area (Å²) in [5.41, 5.74) is 5.60. The Hall–Kier alpha value is -1.01. The Balaban J connectivity index is 2.34. The summed E-state index contributed by atoms with van der Waals surface area (Å²) >= 11 is 0. The summed E-state index contributed by atoms with van der Waals surface area (Å²) in [7, 11) is 1.79. The first kappa shape index (κ1) is 9.08. The molecule has 0 saturated heterocycles. The molecular weight excluding hydrogens is 152 g/mol. The van der Waals surface area contributed by atoms with E-state index >= 15 is 0 Å². The molecular formula is C9H14N2O. The number of hydrogen-bond donors (Lipinski definition) is 1. The van der Waals surface area contributed by atoms with Crippen molar-refractivity contribution in [3.05, 3.63) is 0 Å². The average Bonchev–Trinajstić information content (AvgIpc) is 1.98. The van der Waals surface area contributed by atoms with Crippen LogP contribution in [0.2, 0.25) is 0 Å². The van der Waals surface area contributed by atoms with Crippen LogP contribution in [0.1, 0.15) is 19.3 Å². The number of hydrogen-bond acceptors (Lipinski definition) is 2. The van der Waals surface area contributed by atoms with E-state index in [1.54, 1.807) is 11.9 Å². The fourth-order valence-electron chi connectivity index (χ4n) is 1.36. The maximum absolute atomic E-state index is 11.2. The van der Waals surface area contributed by atoms with Crippen molar-refractivity contribution in [2.45, 2.75) is 31.3 Å². The molecule has 3 heteroatoms. The van der Waals surface area contributed by atoms with Gasteiger partial charge in [-0.05, 0) is 12.8 Å². The maximum Gasteiger partial charge on any atom is 0.234 e. The van der Waals surface area contributed by atoms with Crippen LogP contribution in [-0.4, -0.2) is 29.9 Å². The molecule has 1 saturated carbocycles.